The Hall–Kier alpha value is -1.03. The highest BCUT2D eigenvalue weighted by atomic mass is 79.9. The monoisotopic (exact) mass is 328 g/mol. The summed E-state index contributed by atoms with van der Waals surface area (Å²) in [6, 6.07) is 5.96. The van der Waals surface area contributed by atoms with Crippen molar-refractivity contribution in [2.45, 2.75) is 32.6 Å². The standard InChI is InChI=1S/C15H21BrO3/c1-12(17)5-3-6-13-7-8-14(15(11-13)18-2)19-10-4-9-16/h7-8,11H,3-6,9-10H2,1-2H3. The molecule has 1 rings (SSSR count). The lowest BCUT2D eigenvalue weighted by molar-refractivity contribution is -0.117. The number of methoxy groups -OCH3 is 1. The molecular formula is C15H21BrO3. The van der Waals surface area contributed by atoms with E-state index >= 15 is 0 Å². The minimum atomic E-state index is 0.238. The molecule has 4 heteroatoms. The molecule has 0 spiro atoms. The number of ether oxygens (including phenoxy) is 2. The van der Waals surface area contributed by atoms with E-state index in [-0.39, 0.29) is 5.78 Å². The Labute approximate surface area is 123 Å². The van der Waals surface area contributed by atoms with E-state index in [2.05, 4.69) is 15.9 Å². The summed E-state index contributed by atoms with van der Waals surface area (Å²) in [7, 11) is 1.64. The van der Waals surface area contributed by atoms with Gasteiger partial charge in [-0.25, -0.2) is 0 Å². The first-order valence-electron chi connectivity index (χ1n) is 6.52. The van der Waals surface area contributed by atoms with E-state index in [1.807, 2.05) is 18.2 Å². The Balaban J connectivity index is 2.58. The summed E-state index contributed by atoms with van der Waals surface area (Å²) in [5.74, 6) is 1.77. The van der Waals surface area contributed by atoms with Crippen LogP contribution >= 0.6 is 15.9 Å². The van der Waals surface area contributed by atoms with Crippen LogP contribution in [0.5, 0.6) is 11.5 Å². The van der Waals surface area contributed by atoms with Crippen molar-refractivity contribution in [3.8, 4) is 11.5 Å². The van der Waals surface area contributed by atoms with E-state index in [1.54, 1.807) is 14.0 Å². The third-order valence-corrected chi connectivity index (χ3v) is 3.32. The lowest BCUT2D eigenvalue weighted by atomic mass is 10.1. The van der Waals surface area contributed by atoms with E-state index in [0.717, 1.165) is 36.1 Å². The zero-order chi connectivity index (χ0) is 14.1. The number of alkyl halides is 1. The molecule has 0 unspecified atom stereocenters. The summed E-state index contributed by atoms with van der Waals surface area (Å²) in [6.45, 7) is 2.30. The van der Waals surface area contributed by atoms with Crippen LogP contribution in [0.15, 0.2) is 18.2 Å². The Bertz CT molecular complexity index is 404. The van der Waals surface area contributed by atoms with Crippen molar-refractivity contribution in [1.29, 1.82) is 0 Å². The molecule has 0 saturated heterocycles. The van der Waals surface area contributed by atoms with Crippen molar-refractivity contribution in [1.82, 2.24) is 0 Å². The lowest BCUT2D eigenvalue weighted by Crippen LogP contribution is -2.00. The van der Waals surface area contributed by atoms with E-state index in [0.29, 0.717) is 13.0 Å². The molecule has 0 radical (unpaired) electrons. The van der Waals surface area contributed by atoms with Crippen molar-refractivity contribution in [3.63, 3.8) is 0 Å². The second kappa shape index (κ2) is 8.97. The molecule has 0 aromatic heterocycles. The maximum absolute atomic E-state index is 10.9. The molecule has 106 valence electrons. The number of ketones is 1. The molecule has 0 N–H and O–H groups in total. The van der Waals surface area contributed by atoms with Gasteiger partial charge in [-0.1, -0.05) is 22.0 Å². The zero-order valence-corrected chi connectivity index (χ0v) is 13.2. The van der Waals surface area contributed by atoms with Crippen LogP contribution in [0.1, 0.15) is 31.7 Å². The molecule has 0 amide bonds. The molecule has 0 aliphatic carbocycles. The van der Waals surface area contributed by atoms with Crippen LogP contribution in [-0.4, -0.2) is 24.8 Å². The van der Waals surface area contributed by atoms with Crippen LogP contribution in [0.4, 0.5) is 0 Å². The van der Waals surface area contributed by atoms with E-state index in [9.17, 15) is 4.79 Å². The topological polar surface area (TPSA) is 35.5 Å². The SMILES string of the molecule is COc1cc(CCCC(C)=O)ccc1OCCCBr. The van der Waals surface area contributed by atoms with Crippen molar-refractivity contribution in [3.05, 3.63) is 23.8 Å². The summed E-state index contributed by atoms with van der Waals surface area (Å²) in [4.78, 5) is 10.9. The summed E-state index contributed by atoms with van der Waals surface area (Å²) >= 11 is 3.37. The van der Waals surface area contributed by atoms with Crippen molar-refractivity contribution < 1.29 is 14.3 Å². The van der Waals surface area contributed by atoms with Gasteiger partial charge < -0.3 is 14.3 Å². The Morgan fingerprint density at radius 2 is 2.05 bits per heavy atom. The third kappa shape index (κ3) is 6.10. The molecule has 1 aromatic carbocycles. The number of benzene rings is 1. The van der Waals surface area contributed by atoms with Crippen LogP contribution < -0.4 is 9.47 Å². The Kier molecular flexibility index (Phi) is 7.56. The zero-order valence-electron chi connectivity index (χ0n) is 11.6. The molecule has 0 aliphatic heterocycles. The average Bonchev–Trinajstić information content (AvgIpc) is 2.39. The predicted molar refractivity (Wildman–Crippen MR) is 80.5 cm³/mol. The van der Waals surface area contributed by atoms with Gasteiger partial charge in [-0.05, 0) is 43.9 Å². The van der Waals surface area contributed by atoms with Gasteiger partial charge in [-0.2, -0.15) is 0 Å². The van der Waals surface area contributed by atoms with Gasteiger partial charge in [0.15, 0.2) is 11.5 Å². The maximum Gasteiger partial charge on any atom is 0.161 e. The molecule has 0 saturated carbocycles. The van der Waals surface area contributed by atoms with Gasteiger partial charge in [0.25, 0.3) is 0 Å². The number of hydrogen-bond acceptors (Lipinski definition) is 3. The highest BCUT2D eigenvalue weighted by molar-refractivity contribution is 9.09. The maximum atomic E-state index is 10.9. The Morgan fingerprint density at radius 1 is 1.26 bits per heavy atom. The molecule has 19 heavy (non-hydrogen) atoms. The Morgan fingerprint density at radius 3 is 2.68 bits per heavy atom. The van der Waals surface area contributed by atoms with Crippen LogP contribution in [-0.2, 0) is 11.2 Å². The van der Waals surface area contributed by atoms with Crippen molar-refractivity contribution in [2.75, 3.05) is 19.0 Å². The van der Waals surface area contributed by atoms with Crippen LogP contribution in [0.25, 0.3) is 0 Å². The highest BCUT2D eigenvalue weighted by Crippen LogP contribution is 2.28. The average molecular weight is 329 g/mol. The fourth-order valence-electron chi connectivity index (χ4n) is 1.76. The van der Waals surface area contributed by atoms with Gasteiger partial charge in [-0.15, -0.1) is 0 Å². The van der Waals surface area contributed by atoms with Gasteiger partial charge in [0.1, 0.15) is 5.78 Å². The number of aryl methyl sites for hydroxylation is 1. The number of Topliss-reactive ketones (excluding diaryl/α,β-unsaturated/α-hetero) is 1. The number of rotatable bonds is 9. The first-order chi connectivity index (χ1) is 9.17. The number of carbonyl (C=O) groups is 1. The minimum absolute atomic E-state index is 0.238. The second-order valence-corrected chi connectivity index (χ2v) is 5.22. The molecule has 0 bridgehead atoms. The van der Waals surface area contributed by atoms with Gasteiger partial charge in [-0.3, -0.25) is 0 Å². The number of carbonyl (C=O) groups excluding carboxylic acids is 1. The normalized spacial score (nSPS) is 10.3. The summed E-state index contributed by atoms with van der Waals surface area (Å²) in [5, 5.41) is 0.929. The fourth-order valence-corrected chi connectivity index (χ4v) is 1.99. The first-order valence-corrected chi connectivity index (χ1v) is 7.64. The quantitative estimate of drug-likeness (QED) is 0.511. The van der Waals surface area contributed by atoms with Gasteiger partial charge >= 0.3 is 0 Å². The molecule has 3 nitrogen and oxygen atoms in total. The second-order valence-electron chi connectivity index (χ2n) is 4.43. The largest absolute Gasteiger partial charge is 0.493 e. The van der Waals surface area contributed by atoms with Gasteiger partial charge in [0.2, 0.25) is 0 Å². The number of hydrogen-bond donors (Lipinski definition) is 0. The highest BCUT2D eigenvalue weighted by Gasteiger charge is 2.06. The first kappa shape index (κ1) is 16.0. The molecule has 1 aromatic rings. The summed E-state index contributed by atoms with van der Waals surface area (Å²) in [6.07, 6.45) is 3.36. The van der Waals surface area contributed by atoms with E-state index < -0.39 is 0 Å². The fraction of sp³-hybridized carbons (Fsp3) is 0.533. The molecule has 0 heterocycles. The van der Waals surface area contributed by atoms with Gasteiger partial charge in [0.05, 0.1) is 13.7 Å². The number of halogens is 1. The predicted octanol–water partition coefficient (Wildman–Crippen LogP) is 3.77. The summed E-state index contributed by atoms with van der Waals surface area (Å²) in [5.41, 5.74) is 1.17. The molecule has 0 aliphatic rings. The molecular weight excluding hydrogens is 308 g/mol. The van der Waals surface area contributed by atoms with Crippen molar-refractivity contribution >= 4 is 21.7 Å². The van der Waals surface area contributed by atoms with E-state index in [4.69, 9.17) is 9.47 Å². The summed E-state index contributed by atoms with van der Waals surface area (Å²) < 4.78 is 11.0. The van der Waals surface area contributed by atoms with E-state index in [1.165, 1.54) is 5.56 Å². The smallest absolute Gasteiger partial charge is 0.161 e. The van der Waals surface area contributed by atoms with Gasteiger partial charge in [0, 0.05) is 11.8 Å². The third-order valence-electron chi connectivity index (χ3n) is 2.76. The van der Waals surface area contributed by atoms with Crippen LogP contribution in [0.3, 0.4) is 0 Å². The molecule has 0 atom stereocenters. The molecule has 0 fully saturated rings. The lowest BCUT2D eigenvalue weighted by Gasteiger charge is -2.11. The van der Waals surface area contributed by atoms with Crippen molar-refractivity contribution in [2.24, 2.45) is 0 Å². The van der Waals surface area contributed by atoms with Crippen LogP contribution in [0.2, 0.25) is 0 Å². The minimum Gasteiger partial charge on any atom is -0.493 e. The van der Waals surface area contributed by atoms with Crippen LogP contribution in [0, 0.1) is 0 Å².